The van der Waals surface area contributed by atoms with Gasteiger partial charge >= 0.3 is 0 Å². The lowest BCUT2D eigenvalue weighted by molar-refractivity contribution is 0.436. The number of para-hydroxylation sites is 4. The Hall–Kier alpha value is -8.27. The average molecular weight is 766 g/mol. The van der Waals surface area contributed by atoms with Crippen molar-refractivity contribution in [2.45, 2.75) is 5.41 Å². The summed E-state index contributed by atoms with van der Waals surface area (Å²) < 4.78 is 11.4. The van der Waals surface area contributed by atoms with Crippen LogP contribution >= 0.6 is 0 Å². The molecule has 2 aliphatic rings. The van der Waals surface area contributed by atoms with Crippen molar-refractivity contribution in [2.24, 2.45) is 0 Å². The zero-order chi connectivity index (χ0) is 39.5. The summed E-state index contributed by atoms with van der Waals surface area (Å²) in [5.41, 5.74) is 14.6. The van der Waals surface area contributed by atoms with Crippen molar-refractivity contribution >= 4 is 49.3 Å². The minimum Gasteiger partial charge on any atom is -0.457 e. The summed E-state index contributed by atoms with van der Waals surface area (Å²) in [7, 11) is 0. The van der Waals surface area contributed by atoms with E-state index in [4.69, 9.17) is 21.3 Å². The van der Waals surface area contributed by atoms with Crippen molar-refractivity contribution in [3.8, 4) is 45.4 Å². The molecule has 1 aliphatic carbocycles. The van der Waals surface area contributed by atoms with Crippen LogP contribution in [0.3, 0.4) is 0 Å². The van der Waals surface area contributed by atoms with E-state index in [-0.39, 0.29) is 0 Å². The van der Waals surface area contributed by atoms with Crippen LogP contribution in [0.2, 0.25) is 0 Å². The smallest absolute Gasteiger partial charge is 0.189 e. The van der Waals surface area contributed by atoms with Gasteiger partial charge in [-0.25, -0.2) is 4.85 Å². The molecule has 0 bridgehead atoms. The molecule has 7 aromatic carbocycles. The minimum absolute atomic E-state index is 0.587. The zero-order valence-corrected chi connectivity index (χ0v) is 32.0. The fourth-order valence-corrected chi connectivity index (χ4v) is 10.3. The van der Waals surface area contributed by atoms with Gasteiger partial charge in [0.2, 0.25) is 0 Å². The molecule has 278 valence electrons. The Morgan fingerprint density at radius 3 is 1.65 bits per heavy atom. The molecule has 0 saturated carbocycles. The van der Waals surface area contributed by atoms with E-state index < -0.39 is 5.41 Å². The van der Waals surface area contributed by atoms with Crippen LogP contribution in [0.25, 0.3) is 82.3 Å². The summed E-state index contributed by atoms with van der Waals surface area (Å²) in [6, 6.07) is 62.0. The maximum absolute atomic E-state index is 8.06. The molecule has 1 spiro atoms. The molecule has 11 aromatic rings. The van der Waals surface area contributed by atoms with Crippen LogP contribution in [0.5, 0.6) is 11.5 Å². The van der Waals surface area contributed by atoms with Crippen molar-refractivity contribution < 1.29 is 4.74 Å². The Morgan fingerprint density at radius 2 is 0.967 bits per heavy atom. The molecular formula is C54H31N5O. The van der Waals surface area contributed by atoms with Gasteiger partial charge in [-0.1, -0.05) is 103 Å². The fourth-order valence-electron chi connectivity index (χ4n) is 10.3. The van der Waals surface area contributed by atoms with E-state index in [1.54, 1.807) is 0 Å². The van der Waals surface area contributed by atoms with Gasteiger partial charge in [0.05, 0.1) is 56.8 Å². The topological polar surface area (TPSA) is 49.2 Å². The Morgan fingerprint density at radius 1 is 0.433 bits per heavy atom. The van der Waals surface area contributed by atoms with Crippen LogP contribution in [0.15, 0.2) is 188 Å². The molecule has 6 nitrogen and oxygen atoms in total. The van der Waals surface area contributed by atoms with Crippen molar-refractivity contribution in [3.05, 3.63) is 222 Å². The van der Waals surface area contributed by atoms with Gasteiger partial charge < -0.3 is 13.9 Å². The predicted molar refractivity (Wildman–Crippen MR) is 240 cm³/mol. The summed E-state index contributed by atoms with van der Waals surface area (Å²) in [6.07, 6.45) is 3.71. The molecule has 0 unspecified atom stereocenters. The number of benzene rings is 7. The Kier molecular flexibility index (Phi) is 6.62. The standard InChI is InChI=1S/C54H31N5O/c1-55-35-24-26-48(58-44-18-6-2-12-36(44)37-13-3-7-19-45(37)58)49(32-35)59-46-20-8-4-14-38(46)39-30-33(22-25-47(39)59)34-23-27-51-43(31-34)54(40-15-5-9-21-50(40)60-51)41-16-10-28-56-52(41)53-42(54)17-11-29-57-53/h2-32H. The third-order valence-corrected chi connectivity index (χ3v) is 12.7. The normalized spacial score (nSPS) is 13.2. The molecule has 13 rings (SSSR count). The monoisotopic (exact) mass is 765 g/mol. The molecule has 0 saturated heterocycles. The number of nitrogens with zero attached hydrogens (tertiary/aromatic N) is 5. The van der Waals surface area contributed by atoms with E-state index in [2.05, 4.69) is 160 Å². The van der Waals surface area contributed by atoms with Gasteiger partial charge in [-0.05, 0) is 95.1 Å². The van der Waals surface area contributed by atoms with Crippen molar-refractivity contribution in [2.75, 3.05) is 0 Å². The third kappa shape index (κ3) is 4.25. The summed E-state index contributed by atoms with van der Waals surface area (Å²) in [5.74, 6) is 1.65. The Balaban J connectivity index is 1.05. The quantitative estimate of drug-likeness (QED) is 0.168. The highest BCUT2D eigenvalue weighted by Gasteiger charge is 2.52. The average Bonchev–Trinajstić information content (AvgIpc) is 3.93. The number of aromatic nitrogens is 4. The van der Waals surface area contributed by atoms with Gasteiger partial charge in [-0.2, -0.15) is 0 Å². The number of pyridine rings is 2. The maximum atomic E-state index is 8.06. The summed E-state index contributed by atoms with van der Waals surface area (Å²) >= 11 is 0. The van der Waals surface area contributed by atoms with Gasteiger partial charge in [0, 0.05) is 45.1 Å². The molecule has 60 heavy (non-hydrogen) atoms. The van der Waals surface area contributed by atoms with Crippen molar-refractivity contribution in [1.29, 1.82) is 0 Å². The second-order valence-corrected chi connectivity index (χ2v) is 15.6. The highest BCUT2D eigenvalue weighted by atomic mass is 16.5. The summed E-state index contributed by atoms with van der Waals surface area (Å²) in [4.78, 5) is 13.7. The first-order valence-corrected chi connectivity index (χ1v) is 20.1. The number of ether oxygens (including phenoxy) is 1. The Labute approximate surface area is 344 Å². The van der Waals surface area contributed by atoms with E-state index in [0.29, 0.717) is 5.69 Å². The molecular weight excluding hydrogens is 735 g/mol. The molecule has 4 aromatic heterocycles. The third-order valence-electron chi connectivity index (χ3n) is 12.7. The summed E-state index contributed by atoms with van der Waals surface area (Å²) in [6.45, 7) is 8.06. The highest BCUT2D eigenvalue weighted by molar-refractivity contribution is 6.12. The number of hydrogen-bond acceptors (Lipinski definition) is 3. The first-order valence-electron chi connectivity index (χ1n) is 20.1. The fraction of sp³-hybridized carbons (Fsp3) is 0.0185. The zero-order valence-electron chi connectivity index (χ0n) is 32.0. The van der Waals surface area contributed by atoms with E-state index in [1.807, 2.05) is 42.7 Å². The molecule has 0 amide bonds. The number of hydrogen-bond donors (Lipinski definition) is 0. The van der Waals surface area contributed by atoms with E-state index in [9.17, 15) is 0 Å². The van der Waals surface area contributed by atoms with Gasteiger partial charge in [0.15, 0.2) is 5.69 Å². The van der Waals surface area contributed by atoms with Gasteiger partial charge in [0.1, 0.15) is 11.5 Å². The van der Waals surface area contributed by atoms with Crippen LogP contribution < -0.4 is 4.74 Å². The van der Waals surface area contributed by atoms with Crippen LogP contribution in [-0.4, -0.2) is 19.1 Å². The van der Waals surface area contributed by atoms with Gasteiger partial charge in [0.25, 0.3) is 0 Å². The largest absolute Gasteiger partial charge is 0.457 e. The second-order valence-electron chi connectivity index (χ2n) is 15.6. The van der Waals surface area contributed by atoms with Crippen LogP contribution in [0.1, 0.15) is 22.3 Å². The molecule has 6 heteroatoms. The molecule has 5 heterocycles. The lowest BCUT2D eigenvalue weighted by Crippen LogP contribution is -2.32. The lowest BCUT2D eigenvalue weighted by Gasteiger charge is -2.39. The van der Waals surface area contributed by atoms with E-state index in [0.717, 1.165) is 100 Å². The lowest BCUT2D eigenvalue weighted by atomic mass is 9.66. The van der Waals surface area contributed by atoms with Crippen molar-refractivity contribution in [1.82, 2.24) is 19.1 Å². The van der Waals surface area contributed by atoms with Crippen LogP contribution in [0.4, 0.5) is 5.69 Å². The van der Waals surface area contributed by atoms with Gasteiger partial charge in [-0.3, -0.25) is 9.97 Å². The first kappa shape index (κ1) is 32.8. The summed E-state index contributed by atoms with van der Waals surface area (Å²) in [5, 5.41) is 4.65. The predicted octanol–water partition coefficient (Wildman–Crippen LogP) is 13.4. The van der Waals surface area contributed by atoms with Crippen molar-refractivity contribution in [3.63, 3.8) is 0 Å². The second kappa shape index (κ2) is 12.1. The first-order chi connectivity index (χ1) is 29.7. The molecule has 1 aliphatic heterocycles. The van der Waals surface area contributed by atoms with Gasteiger partial charge in [-0.15, -0.1) is 0 Å². The SMILES string of the molecule is [C-]#[N+]c1ccc(-n2c3ccccc3c3ccccc32)c(-n2c3ccccc3c3cc(-c4ccc5c(c4)C4(c6ccccc6O5)c5cccnc5-c5ncccc54)ccc32)c1. The van der Waals surface area contributed by atoms with Crippen LogP contribution in [-0.2, 0) is 5.41 Å². The molecule has 0 fully saturated rings. The minimum atomic E-state index is -0.662. The van der Waals surface area contributed by atoms with E-state index >= 15 is 0 Å². The maximum Gasteiger partial charge on any atom is 0.189 e. The Bertz CT molecular complexity index is 3580. The molecule has 0 radical (unpaired) electrons. The molecule has 0 N–H and O–H groups in total. The molecule has 0 atom stereocenters. The van der Waals surface area contributed by atoms with E-state index in [1.165, 1.54) is 10.8 Å². The van der Waals surface area contributed by atoms with Crippen LogP contribution in [0, 0.1) is 6.57 Å². The highest BCUT2D eigenvalue weighted by Crippen LogP contribution is 2.61. The number of rotatable bonds is 3. The number of fused-ring (bicyclic) bond motifs is 15.